The Kier molecular flexibility index (Phi) is 6.52. The molecule has 0 fully saturated rings. The van der Waals surface area contributed by atoms with Crippen LogP contribution in [0.2, 0.25) is 5.02 Å². The average Bonchev–Trinajstić information content (AvgIpc) is 2.74. The maximum Gasteiger partial charge on any atom is 0.339 e. The zero-order valence-corrected chi connectivity index (χ0v) is 17.0. The molecule has 0 unspecified atom stereocenters. The molecule has 0 heterocycles. The number of carbonyl (C=O) groups excluding carboxylic acids is 1. The van der Waals surface area contributed by atoms with Gasteiger partial charge in [-0.2, -0.15) is 13.7 Å². The van der Waals surface area contributed by atoms with Crippen LogP contribution in [-0.2, 0) is 14.9 Å². The first-order valence-corrected chi connectivity index (χ1v) is 10.4. The topological polar surface area (TPSA) is 96.3 Å². The zero-order valence-electron chi connectivity index (χ0n) is 15.4. The van der Waals surface area contributed by atoms with Crippen molar-refractivity contribution in [3.05, 3.63) is 95.0 Å². The summed E-state index contributed by atoms with van der Waals surface area (Å²) >= 11 is 5.81. The van der Waals surface area contributed by atoms with Crippen molar-refractivity contribution < 1.29 is 17.4 Å². The molecule has 0 aliphatic rings. The van der Waals surface area contributed by atoms with E-state index < -0.39 is 16.0 Å². The van der Waals surface area contributed by atoms with Crippen molar-refractivity contribution in [3.63, 3.8) is 0 Å². The van der Waals surface area contributed by atoms with Crippen LogP contribution in [0.4, 0.5) is 5.69 Å². The van der Waals surface area contributed by atoms with Crippen LogP contribution in [0.15, 0.2) is 89.3 Å². The molecule has 0 saturated heterocycles. The normalized spacial score (nSPS) is 11.4. The van der Waals surface area contributed by atoms with E-state index in [-0.39, 0.29) is 16.2 Å². The predicted molar refractivity (Wildman–Crippen MR) is 114 cm³/mol. The van der Waals surface area contributed by atoms with Crippen LogP contribution in [0, 0.1) is 11.3 Å². The Morgan fingerprint density at radius 1 is 1.00 bits per heavy atom. The average molecular weight is 439 g/mol. The van der Waals surface area contributed by atoms with E-state index in [0.717, 1.165) is 0 Å². The van der Waals surface area contributed by atoms with Crippen molar-refractivity contribution in [2.24, 2.45) is 0 Å². The van der Waals surface area contributed by atoms with Gasteiger partial charge in [0.25, 0.3) is 5.91 Å². The van der Waals surface area contributed by atoms with Gasteiger partial charge < -0.3 is 9.50 Å². The van der Waals surface area contributed by atoms with Crippen molar-refractivity contribution in [3.8, 4) is 11.8 Å². The minimum absolute atomic E-state index is 0.0194. The molecule has 0 aliphatic heterocycles. The fourth-order valence-electron chi connectivity index (χ4n) is 2.47. The van der Waals surface area contributed by atoms with E-state index in [4.69, 9.17) is 15.8 Å². The van der Waals surface area contributed by atoms with Gasteiger partial charge in [-0.3, -0.25) is 4.79 Å². The van der Waals surface area contributed by atoms with Gasteiger partial charge in [0.05, 0.1) is 0 Å². The zero-order chi connectivity index (χ0) is 21.6. The molecule has 8 heteroatoms. The molecule has 3 aromatic rings. The fourth-order valence-corrected chi connectivity index (χ4v) is 3.53. The van der Waals surface area contributed by atoms with Gasteiger partial charge in [0.15, 0.2) is 0 Å². The number of carbonyl (C=O) groups is 1. The molecule has 0 saturated carbocycles. The summed E-state index contributed by atoms with van der Waals surface area (Å²) in [6, 6.07) is 22.1. The number of hydrogen-bond acceptors (Lipinski definition) is 5. The highest BCUT2D eigenvalue weighted by atomic mass is 35.5. The van der Waals surface area contributed by atoms with Crippen molar-refractivity contribution in [2.75, 3.05) is 5.32 Å². The van der Waals surface area contributed by atoms with Gasteiger partial charge in [-0.05, 0) is 60.2 Å². The monoisotopic (exact) mass is 438 g/mol. The minimum atomic E-state index is -4.00. The van der Waals surface area contributed by atoms with E-state index in [1.54, 1.807) is 54.6 Å². The maximum atomic E-state index is 12.4. The van der Waals surface area contributed by atoms with Crippen LogP contribution >= 0.6 is 11.6 Å². The number of nitrogens with one attached hydrogen (secondary N) is 1. The lowest BCUT2D eigenvalue weighted by Gasteiger charge is -2.08. The van der Waals surface area contributed by atoms with Gasteiger partial charge in [0, 0.05) is 10.7 Å². The van der Waals surface area contributed by atoms with E-state index in [1.807, 2.05) is 6.07 Å². The molecule has 0 atom stereocenters. The molecule has 6 nitrogen and oxygen atoms in total. The Morgan fingerprint density at radius 2 is 1.70 bits per heavy atom. The third-order valence-corrected chi connectivity index (χ3v) is 5.39. The second kappa shape index (κ2) is 9.27. The lowest BCUT2D eigenvalue weighted by Crippen LogP contribution is -2.13. The Morgan fingerprint density at radius 3 is 2.37 bits per heavy atom. The first-order chi connectivity index (χ1) is 14.4. The highest BCUT2D eigenvalue weighted by Crippen LogP contribution is 2.21. The SMILES string of the molecule is N#C/C(=C\c1cccc(OS(=O)(=O)c2ccccc2)c1)C(=O)Nc1ccc(Cl)cc1. The van der Waals surface area contributed by atoms with E-state index >= 15 is 0 Å². The van der Waals surface area contributed by atoms with Crippen molar-refractivity contribution in [1.29, 1.82) is 5.26 Å². The van der Waals surface area contributed by atoms with Gasteiger partial charge >= 0.3 is 10.1 Å². The quantitative estimate of drug-likeness (QED) is 0.343. The fraction of sp³-hybridized carbons (Fsp3) is 0. The molecular formula is C22H15ClN2O4S. The highest BCUT2D eigenvalue weighted by molar-refractivity contribution is 7.87. The van der Waals surface area contributed by atoms with Gasteiger partial charge in [-0.1, -0.05) is 41.9 Å². The van der Waals surface area contributed by atoms with Gasteiger partial charge in [0.1, 0.15) is 22.3 Å². The Bertz CT molecular complexity index is 1230. The standard InChI is InChI=1S/C22H15ClN2O4S/c23-18-9-11-19(12-10-18)25-22(26)17(15-24)13-16-5-4-6-20(14-16)29-30(27,28)21-7-2-1-3-8-21/h1-14H,(H,25,26)/b17-13+. The summed E-state index contributed by atoms with van der Waals surface area (Å²) in [5, 5.41) is 12.5. The molecule has 0 bridgehead atoms. The summed E-state index contributed by atoms with van der Waals surface area (Å²) in [6.45, 7) is 0. The van der Waals surface area contributed by atoms with E-state index in [0.29, 0.717) is 16.3 Å². The molecule has 150 valence electrons. The molecular weight excluding hydrogens is 424 g/mol. The minimum Gasteiger partial charge on any atom is -0.379 e. The highest BCUT2D eigenvalue weighted by Gasteiger charge is 2.16. The summed E-state index contributed by atoms with van der Waals surface area (Å²) in [4.78, 5) is 12.4. The van der Waals surface area contributed by atoms with Crippen LogP contribution < -0.4 is 9.50 Å². The number of anilines is 1. The molecule has 0 spiro atoms. The van der Waals surface area contributed by atoms with Crippen LogP contribution in [0.1, 0.15) is 5.56 Å². The lowest BCUT2D eigenvalue weighted by atomic mass is 10.1. The van der Waals surface area contributed by atoms with Gasteiger partial charge in [0.2, 0.25) is 0 Å². The van der Waals surface area contributed by atoms with Crippen molar-refractivity contribution >= 4 is 39.4 Å². The molecule has 1 N–H and O–H groups in total. The number of nitriles is 1. The number of amides is 1. The predicted octanol–water partition coefficient (Wildman–Crippen LogP) is 4.65. The molecule has 0 aliphatic carbocycles. The van der Waals surface area contributed by atoms with E-state index in [2.05, 4.69) is 5.32 Å². The second-order valence-electron chi connectivity index (χ2n) is 6.05. The van der Waals surface area contributed by atoms with Crippen LogP contribution in [0.5, 0.6) is 5.75 Å². The Balaban J connectivity index is 1.80. The summed E-state index contributed by atoms with van der Waals surface area (Å²) in [6.07, 6.45) is 1.34. The summed E-state index contributed by atoms with van der Waals surface area (Å²) in [5.41, 5.74) is 0.753. The summed E-state index contributed by atoms with van der Waals surface area (Å²) in [5.74, 6) is -0.550. The van der Waals surface area contributed by atoms with Crippen molar-refractivity contribution in [1.82, 2.24) is 0 Å². The smallest absolute Gasteiger partial charge is 0.339 e. The molecule has 30 heavy (non-hydrogen) atoms. The summed E-state index contributed by atoms with van der Waals surface area (Å²) < 4.78 is 29.9. The molecule has 3 aromatic carbocycles. The van der Waals surface area contributed by atoms with Crippen LogP contribution in [-0.4, -0.2) is 14.3 Å². The number of benzene rings is 3. The maximum absolute atomic E-state index is 12.4. The summed E-state index contributed by atoms with van der Waals surface area (Å²) in [7, 11) is -4.00. The first kappa shape index (κ1) is 21.1. The first-order valence-electron chi connectivity index (χ1n) is 8.66. The third-order valence-electron chi connectivity index (χ3n) is 3.87. The number of halogens is 1. The van der Waals surface area contributed by atoms with Crippen LogP contribution in [0.25, 0.3) is 6.08 Å². The third kappa shape index (κ3) is 5.47. The van der Waals surface area contributed by atoms with Gasteiger partial charge in [-0.15, -0.1) is 0 Å². The van der Waals surface area contributed by atoms with E-state index in [1.165, 1.54) is 30.3 Å². The largest absolute Gasteiger partial charge is 0.379 e. The number of hydrogen-bond donors (Lipinski definition) is 1. The van der Waals surface area contributed by atoms with Crippen molar-refractivity contribution in [2.45, 2.75) is 4.90 Å². The lowest BCUT2D eigenvalue weighted by molar-refractivity contribution is -0.112. The number of nitrogens with zero attached hydrogens (tertiary/aromatic N) is 1. The second-order valence-corrected chi connectivity index (χ2v) is 8.04. The van der Waals surface area contributed by atoms with Gasteiger partial charge in [-0.25, -0.2) is 0 Å². The molecule has 0 radical (unpaired) electrons. The molecule has 0 aromatic heterocycles. The van der Waals surface area contributed by atoms with E-state index in [9.17, 15) is 18.5 Å². The molecule has 3 rings (SSSR count). The van der Waals surface area contributed by atoms with Crippen LogP contribution in [0.3, 0.4) is 0 Å². The molecule has 1 amide bonds. The Labute approximate surface area is 179 Å². The Hall–Kier alpha value is -3.60. The number of rotatable bonds is 6.